The molecule has 0 aliphatic heterocycles. The Bertz CT molecular complexity index is 1060. The van der Waals surface area contributed by atoms with Crippen LogP contribution in [0.15, 0.2) is 40.3 Å². The summed E-state index contributed by atoms with van der Waals surface area (Å²) in [5.41, 5.74) is 0.723. The molecule has 9 heteroatoms. The van der Waals surface area contributed by atoms with E-state index in [4.69, 9.17) is 0 Å². The van der Waals surface area contributed by atoms with Gasteiger partial charge in [-0.3, -0.25) is 14.0 Å². The van der Waals surface area contributed by atoms with Crippen molar-refractivity contribution in [2.75, 3.05) is 11.9 Å². The molecule has 148 valence electrons. The fourth-order valence-corrected chi connectivity index (χ4v) is 3.72. The van der Waals surface area contributed by atoms with Gasteiger partial charge in [0.05, 0.1) is 23.6 Å². The van der Waals surface area contributed by atoms with Gasteiger partial charge in [0, 0.05) is 30.2 Å². The monoisotopic (exact) mass is 400 g/mol. The number of aryl methyl sites for hydroxylation is 1. The molecule has 0 atom stereocenters. The van der Waals surface area contributed by atoms with Crippen molar-refractivity contribution in [3.05, 3.63) is 46.5 Å². The first-order valence-corrected chi connectivity index (χ1v) is 10.2. The van der Waals surface area contributed by atoms with E-state index in [-0.39, 0.29) is 5.56 Å². The van der Waals surface area contributed by atoms with Crippen molar-refractivity contribution in [3.8, 4) is 0 Å². The molecule has 4 rings (SSSR count). The molecular weight excluding hydrogens is 376 g/mol. The largest absolute Gasteiger partial charge is 0.375 e. The zero-order valence-corrected chi connectivity index (χ0v) is 16.8. The van der Waals surface area contributed by atoms with Crippen LogP contribution in [-0.2, 0) is 13.6 Å². The van der Waals surface area contributed by atoms with Crippen molar-refractivity contribution in [1.29, 1.82) is 0 Å². The average molecular weight is 401 g/mol. The minimum absolute atomic E-state index is 0.0972. The topological polar surface area (TPSA) is 97.0 Å². The van der Waals surface area contributed by atoms with Crippen LogP contribution in [0.25, 0.3) is 10.9 Å². The molecule has 0 bridgehead atoms. The second kappa shape index (κ2) is 7.57. The molecule has 1 saturated carbocycles. The molecule has 3 aromatic rings. The Morgan fingerprint density at radius 1 is 1.36 bits per heavy atom. The molecule has 1 aliphatic carbocycles. The van der Waals surface area contributed by atoms with E-state index in [0.717, 1.165) is 36.3 Å². The van der Waals surface area contributed by atoms with Crippen LogP contribution in [0.3, 0.4) is 0 Å². The third-order valence-electron chi connectivity index (χ3n) is 4.64. The molecule has 2 aromatic heterocycles. The summed E-state index contributed by atoms with van der Waals surface area (Å²) in [7, 11) is 1.85. The van der Waals surface area contributed by atoms with Crippen LogP contribution in [0.2, 0.25) is 0 Å². The number of fused-ring (bicyclic) bond motifs is 1. The average Bonchev–Trinajstić information content (AvgIpc) is 3.28. The molecule has 0 saturated heterocycles. The molecule has 2 heterocycles. The van der Waals surface area contributed by atoms with Gasteiger partial charge in [-0.15, -0.1) is 0 Å². The van der Waals surface area contributed by atoms with Crippen molar-refractivity contribution in [2.45, 2.75) is 43.4 Å². The van der Waals surface area contributed by atoms with E-state index in [2.05, 4.69) is 27.0 Å². The van der Waals surface area contributed by atoms with Crippen LogP contribution in [-0.4, -0.2) is 36.7 Å². The summed E-state index contributed by atoms with van der Waals surface area (Å²) >= 11 is 1.34. The summed E-state index contributed by atoms with van der Waals surface area (Å²) in [5.74, 6) is 0.564. The van der Waals surface area contributed by atoms with Crippen molar-refractivity contribution in [3.63, 3.8) is 0 Å². The van der Waals surface area contributed by atoms with Gasteiger partial charge >= 0.3 is 0 Å². The molecule has 1 aromatic carbocycles. The Labute approximate surface area is 167 Å². The normalized spacial score (nSPS) is 15.1. The zero-order valence-electron chi connectivity index (χ0n) is 16.0. The number of benzene rings is 1. The number of nitrogens with one attached hydrogen (secondary N) is 2. The van der Waals surface area contributed by atoms with Gasteiger partial charge in [0.15, 0.2) is 0 Å². The summed E-state index contributed by atoms with van der Waals surface area (Å²) in [5, 5.41) is 18.0. The van der Waals surface area contributed by atoms with Gasteiger partial charge in [-0.25, -0.2) is 9.71 Å². The van der Waals surface area contributed by atoms with Crippen LogP contribution in [0.4, 0.5) is 5.95 Å². The highest BCUT2D eigenvalue weighted by Gasteiger charge is 2.40. The van der Waals surface area contributed by atoms with Gasteiger partial charge in [0.25, 0.3) is 5.56 Å². The lowest BCUT2D eigenvalue weighted by Crippen LogP contribution is -2.26. The highest BCUT2D eigenvalue weighted by Crippen LogP contribution is 2.35. The van der Waals surface area contributed by atoms with Crippen molar-refractivity contribution in [1.82, 2.24) is 24.1 Å². The lowest BCUT2D eigenvalue weighted by molar-refractivity contribution is 0.142. The molecular formula is C19H24N6O2S. The minimum Gasteiger partial charge on any atom is -0.375 e. The smallest absolute Gasteiger partial charge is 0.263 e. The predicted molar refractivity (Wildman–Crippen MR) is 110 cm³/mol. The Balaban J connectivity index is 1.71. The van der Waals surface area contributed by atoms with Crippen molar-refractivity contribution < 1.29 is 5.11 Å². The van der Waals surface area contributed by atoms with Gasteiger partial charge in [-0.2, -0.15) is 5.10 Å². The van der Waals surface area contributed by atoms with Crippen LogP contribution in [0.1, 0.15) is 31.7 Å². The molecule has 0 spiro atoms. The number of hydrogen-bond acceptors (Lipinski definition) is 7. The second-order valence-electron chi connectivity index (χ2n) is 7.19. The first-order valence-electron chi connectivity index (χ1n) is 9.40. The molecule has 1 aliphatic rings. The molecule has 1 fully saturated rings. The molecule has 3 N–H and O–H groups in total. The highest BCUT2D eigenvalue weighted by molar-refractivity contribution is 7.97. The summed E-state index contributed by atoms with van der Waals surface area (Å²) in [6.07, 6.45) is 6.09. The summed E-state index contributed by atoms with van der Waals surface area (Å²) in [6.45, 7) is 3.21. The third-order valence-corrected chi connectivity index (χ3v) is 5.61. The van der Waals surface area contributed by atoms with Gasteiger partial charge < -0.3 is 10.4 Å². The Kier molecular flexibility index (Phi) is 5.13. The first kappa shape index (κ1) is 19.0. The SMILES string of the molecule is CCCNc1nc2ccc(SNC3(O)CC3)cc2c(=O)n1Cc1cnn(C)c1. The van der Waals surface area contributed by atoms with E-state index < -0.39 is 5.72 Å². The van der Waals surface area contributed by atoms with E-state index in [1.807, 2.05) is 31.4 Å². The van der Waals surface area contributed by atoms with E-state index in [9.17, 15) is 9.90 Å². The number of aromatic nitrogens is 4. The van der Waals surface area contributed by atoms with Gasteiger partial charge in [-0.1, -0.05) is 6.92 Å². The first-order chi connectivity index (χ1) is 13.5. The number of nitrogens with zero attached hydrogens (tertiary/aromatic N) is 4. The zero-order chi connectivity index (χ0) is 19.7. The minimum atomic E-state index is -0.772. The highest BCUT2D eigenvalue weighted by atomic mass is 32.2. The number of hydrogen-bond donors (Lipinski definition) is 3. The standard InChI is InChI=1S/C19H24N6O2S/c1-3-8-20-18-22-16-5-4-14(28-23-19(27)6-7-19)9-15(16)17(26)25(18)12-13-10-21-24(2)11-13/h4-5,9-11,23,27H,3,6-8,12H2,1-2H3,(H,20,22). The maximum atomic E-state index is 13.3. The van der Waals surface area contributed by atoms with Gasteiger partial charge in [-0.05, 0) is 49.4 Å². The van der Waals surface area contributed by atoms with E-state index in [1.54, 1.807) is 15.4 Å². The van der Waals surface area contributed by atoms with Crippen molar-refractivity contribution in [2.24, 2.45) is 7.05 Å². The summed E-state index contributed by atoms with van der Waals surface area (Å²) < 4.78 is 6.43. The van der Waals surface area contributed by atoms with E-state index in [1.165, 1.54) is 11.9 Å². The number of rotatable bonds is 8. The summed E-state index contributed by atoms with van der Waals surface area (Å²) in [4.78, 5) is 18.8. The maximum absolute atomic E-state index is 13.3. The molecule has 0 amide bonds. The van der Waals surface area contributed by atoms with Crippen molar-refractivity contribution >= 4 is 28.8 Å². The summed E-state index contributed by atoms with van der Waals surface area (Å²) in [6, 6.07) is 5.59. The molecule has 0 radical (unpaired) electrons. The fourth-order valence-electron chi connectivity index (χ4n) is 2.89. The van der Waals surface area contributed by atoms with Gasteiger partial charge in [0.2, 0.25) is 5.95 Å². The fraction of sp³-hybridized carbons (Fsp3) is 0.421. The van der Waals surface area contributed by atoms with Gasteiger partial charge in [0.1, 0.15) is 5.72 Å². The molecule has 28 heavy (non-hydrogen) atoms. The predicted octanol–water partition coefficient (Wildman–Crippen LogP) is 2.08. The van der Waals surface area contributed by atoms with Crippen LogP contribution in [0, 0.1) is 0 Å². The van der Waals surface area contributed by atoms with Crippen LogP contribution >= 0.6 is 11.9 Å². The quantitative estimate of drug-likeness (QED) is 0.393. The van der Waals surface area contributed by atoms with Crippen LogP contribution in [0.5, 0.6) is 0 Å². The molecule has 8 nitrogen and oxygen atoms in total. The number of aliphatic hydroxyl groups is 1. The second-order valence-corrected chi connectivity index (χ2v) is 8.07. The maximum Gasteiger partial charge on any atom is 0.263 e. The lowest BCUT2D eigenvalue weighted by atomic mass is 10.2. The third kappa shape index (κ3) is 4.06. The van der Waals surface area contributed by atoms with E-state index >= 15 is 0 Å². The Hall–Kier alpha value is -2.36. The Morgan fingerprint density at radius 2 is 2.18 bits per heavy atom. The van der Waals surface area contributed by atoms with Crippen LogP contribution < -0.4 is 15.6 Å². The number of anilines is 1. The molecule has 0 unspecified atom stereocenters. The Morgan fingerprint density at radius 3 is 2.86 bits per heavy atom. The van der Waals surface area contributed by atoms with E-state index in [0.29, 0.717) is 23.4 Å². The lowest BCUT2D eigenvalue weighted by Gasteiger charge is -2.15.